The Morgan fingerprint density at radius 3 is 2.58 bits per heavy atom. The number of ether oxygens (including phenoxy) is 1. The number of halogens is 2. The minimum atomic E-state index is -2.21. The molecule has 0 saturated carbocycles. The Balaban J connectivity index is 3.27. The predicted octanol–water partition coefficient (Wildman–Crippen LogP) is 3.24. The number of hydrogen-bond donors (Lipinski definition) is 0. The van der Waals surface area contributed by atoms with Crippen LogP contribution in [0.4, 0.5) is 5.69 Å². The standard InChI is InChI=1S/C11H11NO4.2ClH.Ru/c1-7(2)16-11(13)10-5-4-9(12(14)15)6-8(10)3;;;/h3-7H,1-2H3;2*1H;/q;;;+2/p-2. The molecular formula is C11H11Cl2NO4Ru. The van der Waals surface area contributed by atoms with Crippen molar-refractivity contribution in [3.63, 3.8) is 0 Å². The van der Waals surface area contributed by atoms with Crippen LogP contribution in [0.3, 0.4) is 0 Å². The van der Waals surface area contributed by atoms with E-state index in [1.165, 1.54) is 22.8 Å². The SMILES string of the molecule is CC(C)OC(=O)c1ccc([N+](=O)[O-])cc1[CH]=[Ru]([Cl])[Cl]. The number of carbonyl (C=O) groups excluding carboxylic acids is 1. The van der Waals surface area contributed by atoms with Gasteiger partial charge in [-0.1, -0.05) is 0 Å². The first-order valence-electron chi connectivity index (χ1n) is 5.14. The molecule has 0 fully saturated rings. The van der Waals surface area contributed by atoms with E-state index in [1.807, 2.05) is 0 Å². The molecule has 1 aromatic rings. The number of carbonyl (C=O) groups is 1. The number of nitrogens with zero attached hydrogens (tertiary/aromatic N) is 1. The second kappa shape index (κ2) is 7.08. The van der Waals surface area contributed by atoms with Gasteiger partial charge in [0.25, 0.3) is 0 Å². The molecule has 0 N–H and O–H groups in total. The van der Waals surface area contributed by atoms with Crippen molar-refractivity contribution in [1.82, 2.24) is 0 Å². The van der Waals surface area contributed by atoms with Crippen LogP contribution < -0.4 is 0 Å². The third-order valence-corrected chi connectivity index (χ3v) is 3.83. The van der Waals surface area contributed by atoms with E-state index < -0.39 is 24.4 Å². The van der Waals surface area contributed by atoms with E-state index in [4.69, 9.17) is 24.1 Å². The molecule has 1 rings (SSSR count). The van der Waals surface area contributed by atoms with Crippen LogP contribution in [0.2, 0.25) is 0 Å². The van der Waals surface area contributed by atoms with E-state index in [9.17, 15) is 14.9 Å². The molecule has 0 spiro atoms. The second-order valence-corrected chi connectivity index (χ2v) is 9.51. The van der Waals surface area contributed by atoms with E-state index in [2.05, 4.69) is 0 Å². The van der Waals surface area contributed by atoms with E-state index in [0.29, 0.717) is 5.56 Å². The van der Waals surface area contributed by atoms with Gasteiger partial charge >= 0.3 is 123 Å². The van der Waals surface area contributed by atoms with Crippen LogP contribution in [-0.2, 0) is 18.3 Å². The number of hydrogen-bond acceptors (Lipinski definition) is 4. The Labute approximate surface area is 123 Å². The summed E-state index contributed by atoms with van der Waals surface area (Å²) in [6.07, 6.45) is -0.282. The van der Waals surface area contributed by atoms with Crippen LogP contribution in [0.25, 0.3) is 0 Å². The zero-order valence-electron chi connectivity index (χ0n) is 10.1. The van der Waals surface area contributed by atoms with Crippen molar-refractivity contribution in [3.8, 4) is 0 Å². The van der Waals surface area contributed by atoms with Crippen molar-refractivity contribution in [3.05, 3.63) is 39.4 Å². The topological polar surface area (TPSA) is 69.4 Å². The zero-order chi connectivity index (χ0) is 14.6. The molecule has 0 aliphatic rings. The summed E-state index contributed by atoms with van der Waals surface area (Å²) in [5, 5.41) is 10.7. The first-order valence-corrected chi connectivity index (χ1v) is 10.6. The number of esters is 1. The van der Waals surface area contributed by atoms with Crippen LogP contribution in [0.1, 0.15) is 29.8 Å². The van der Waals surface area contributed by atoms with Crippen molar-refractivity contribution in [2.45, 2.75) is 20.0 Å². The fraction of sp³-hybridized carbons (Fsp3) is 0.273. The van der Waals surface area contributed by atoms with Crippen LogP contribution in [0.5, 0.6) is 0 Å². The Morgan fingerprint density at radius 2 is 2.11 bits per heavy atom. The molecule has 0 amide bonds. The first kappa shape index (κ1) is 16.2. The van der Waals surface area contributed by atoms with Gasteiger partial charge in [-0.2, -0.15) is 0 Å². The maximum absolute atomic E-state index is 11.9. The van der Waals surface area contributed by atoms with Crippen molar-refractivity contribution in [1.29, 1.82) is 0 Å². The average molecular weight is 393 g/mol. The van der Waals surface area contributed by atoms with Crippen LogP contribution in [0.15, 0.2) is 18.2 Å². The van der Waals surface area contributed by atoms with Crippen LogP contribution >= 0.6 is 19.4 Å². The van der Waals surface area contributed by atoms with Gasteiger partial charge in [-0.3, -0.25) is 0 Å². The molecule has 0 aliphatic heterocycles. The molecule has 106 valence electrons. The van der Waals surface area contributed by atoms with Crippen LogP contribution in [0, 0.1) is 10.1 Å². The molecule has 1 aromatic carbocycles. The monoisotopic (exact) mass is 393 g/mol. The van der Waals surface area contributed by atoms with Gasteiger partial charge in [0.15, 0.2) is 0 Å². The molecular weight excluding hydrogens is 382 g/mol. The summed E-state index contributed by atoms with van der Waals surface area (Å²) in [6, 6.07) is 3.86. The normalized spacial score (nSPS) is 11.1. The summed E-state index contributed by atoms with van der Waals surface area (Å²) in [4.78, 5) is 22.0. The summed E-state index contributed by atoms with van der Waals surface area (Å²) in [6.45, 7) is 3.43. The van der Waals surface area contributed by atoms with E-state index in [-0.39, 0.29) is 17.4 Å². The van der Waals surface area contributed by atoms with Gasteiger partial charge in [0.1, 0.15) is 0 Å². The number of benzene rings is 1. The average Bonchev–Trinajstić information content (AvgIpc) is 2.26. The summed E-state index contributed by atoms with van der Waals surface area (Å²) < 4.78 is 6.54. The quantitative estimate of drug-likeness (QED) is 0.341. The van der Waals surface area contributed by atoms with E-state index in [1.54, 1.807) is 13.8 Å². The molecule has 0 aliphatic carbocycles. The van der Waals surface area contributed by atoms with E-state index >= 15 is 0 Å². The minimum absolute atomic E-state index is 0.129. The van der Waals surface area contributed by atoms with Crippen molar-refractivity contribution in [2.24, 2.45) is 0 Å². The summed E-state index contributed by atoms with van der Waals surface area (Å²) in [5.41, 5.74) is 0.430. The molecule has 0 aromatic heterocycles. The molecule has 5 nitrogen and oxygen atoms in total. The van der Waals surface area contributed by atoms with Crippen molar-refractivity contribution in [2.75, 3.05) is 0 Å². The molecule has 0 saturated heterocycles. The van der Waals surface area contributed by atoms with Crippen molar-refractivity contribution >= 4 is 35.6 Å². The first-order chi connectivity index (χ1) is 8.81. The van der Waals surface area contributed by atoms with E-state index in [0.717, 1.165) is 0 Å². The van der Waals surface area contributed by atoms with Gasteiger partial charge in [-0.25, -0.2) is 0 Å². The van der Waals surface area contributed by atoms with Crippen molar-refractivity contribution < 1.29 is 28.0 Å². The van der Waals surface area contributed by atoms with Gasteiger partial charge < -0.3 is 0 Å². The molecule has 0 bridgehead atoms. The molecule has 0 heterocycles. The summed E-state index contributed by atoms with van der Waals surface area (Å²) in [7, 11) is 11.5. The van der Waals surface area contributed by atoms with Gasteiger partial charge in [0.05, 0.1) is 0 Å². The fourth-order valence-electron chi connectivity index (χ4n) is 1.29. The Kier molecular flexibility index (Phi) is 6.04. The van der Waals surface area contributed by atoms with Gasteiger partial charge in [0, 0.05) is 0 Å². The van der Waals surface area contributed by atoms with Gasteiger partial charge in [0.2, 0.25) is 0 Å². The molecule has 19 heavy (non-hydrogen) atoms. The molecule has 0 atom stereocenters. The number of non-ortho nitro benzene ring substituents is 1. The summed E-state index contributed by atoms with van der Waals surface area (Å²) in [5.74, 6) is -0.556. The second-order valence-electron chi connectivity index (χ2n) is 3.79. The number of rotatable bonds is 4. The zero-order valence-corrected chi connectivity index (χ0v) is 13.3. The third-order valence-electron chi connectivity index (χ3n) is 2.00. The Morgan fingerprint density at radius 1 is 1.47 bits per heavy atom. The number of nitro benzene ring substituents is 1. The molecule has 0 radical (unpaired) electrons. The number of nitro groups is 1. The Hall–Kier alpha value is -0.837. The third kappa shape index (κ3) is 4.98. The van der Waals surface area contributed by atoms with Crippen LogP contribution in [-0.4, -0.2) is 21.6 Å². The predicted molar refractivity (Wildman–Crippen MR) is 70.5 cm³/mol. The molecule has 8 heteroatoms. The van der Waals surface area contributed by atoms with Gasteiger partial charge in [-0.05, 0) is 0 Å². The fourth-order valence-corrected chi connectivity index (χ4v) is 3.10. The maximum atomic E-state index is 11.9. The van der Waals surface area contributed by atoms with Gasteiger partial charge in [-0.15, -0.1) is 0 Å². The molecule has 0 unspecified atom stereocenters. The Bertz CT molecular complexity index is 541. The summed E-state index contributed by atoms with van der Waals surface area (Å²) >= 11 is -2.21.